The molecule has 0 bridgehead atoms. The summed E-state index contributed by atoms with van der Waals surface area (Å²) in [6.07, 6.45) is 7.29. The Kier molecular flexibility index (Phi) is 9.42. The quantitative estimate of drug-likeness (QED) is 0.203. The molecule has 25 heavy (non-hydrogen) atoms. The first kappa shape index (κ1) is 20.2. The lowest BCUT2D eigenvalue weighted by Gasteiger charge is -2.04. The number of hydrogen-bond acceptors (Lipinski definition) is 4. The number of nitrogens with zero attached hydrogens (tertiary/aromatic N) is 3. The molecule has 0 aromatic carbocycles. The van der Waals surface area contributed by atoms with E-state index in [1.807, 2.05) is 23.9 Å². The Morgan fingerprint density at radius 2 is 2.16 bits per heavy atom. The number of nitrogens with two attached hydrogens (primary N) is 1. The number of nitrogens with one attached hydrogen (secondary N) is 2. The maximum Gasteiger partial charge on any atom is 0.328 e. The van der Waals surface area contributed by atoms with E-state index in [1.165, 1.54) is 0 Å². The number of hydrogen-bond donors (Lipinski definition) is 4. The van der Waals surface area contributed by atoms with Gasteiger partial charge in [-0.3, -0.25) is 14.5 Å². The molecule has 1 aromatic rings. The minimum atomic E-state index is -1.14. The van der Waals surface area contributed by atoms with Gasteiger partial charge in [-0.15, -0.1) is 0 Å². The van der Waals surface area contributed by atoms with Gasteiger partial charge in [-0.05, 0) is 25.7 Å². The number of aliphatic imine (C=N–C) groups is 1. The molecule has 0 aliphatic carbocycles. The molecular weight excluding hydrogens is 324 g/mol. The first-order chi connectivity index (χ1) is 12.0. The van der Waals surface area contributed by atoms with E-state index in [2.05, 4.69) is 20.7 Å². The van der Waals surface area contributed by atoms with Crippen molar-refractivity contribution in [3.8, 4) is 0 Å². The average molecular weight is 350 g/mol. The molecule has 9 nitrogen and oxygen atoms in total. The molecule has 1 heterocycles. The van der Waals surface area contributed by atoms with Crippen LogP contribution in [0, 0.1) is 0 Å². The minimum Gasteiger partial charge on any atom is -0.478 e. The van der Waals surface area contributed by atoms with Crippen LogP contribution in [0.1, 0.15) is 32.6 Å². The molecule has 0 aliphatic rings. The van der Waals surface area contributed by atoms with Gasteiger partial charge in [0.25, 0.3) is 0 Å². The van der Waals surface area contributed by atoms with Crippen LogP contribution in [0.5, 0.6) is 0 Å². The van der Waals surface area contributed by atoms with E-state index in [1.54, 1.807) is 0 Å². The maximum absolute atomic E-state index is 11.3. The third kappa shape index (κ3) is 9.80. The number of anilines is 1. The summed E-state index contributed by atoms with van der Waals surface area (Å²) >= 11 is 0. The van der Waals surface area contributed by atoms with Gasteiger partial charge in [0.1, 0.15) is 0 Å². The van der Waals surface area contributed by atoms with Crippen LogP contribution in [-0.2, 0) is 16.1 Å². The SMILES string of the molecule is CCCN=C(N)Nc1ccn(CCCCCNC(=O)/C=C\C(=O)O)n1. The Hall–Kier alpha value is -2.84. The molecule has 0 saturated heterocycles. The van der Waals surface area contributed by atoms with Crippen LogP contribution in [0.4, 0.5) is 5.82 Å². The zero-order chi connectivity index (χ0) is 18.5. The molecule has 138 valence electrons. The summed E-state index contributed by atoms with van der Waals surface area (Å²) in [5.41, 5.74) is 5.74. The van der Waals surface area contributed by atoms with Gasteiger partial charge in [0.05, 0.1) is 0 Å². The maximum atomic E-state index is 11.3. The second-order valence-electron chi connectivity index (χ2n) is 5.38. The summed E-state index contributed by atoms with van der Waals surface area (Å²) in [7, 11) is 0. The van der Waals surface area contributed by atoms with Crippen molar-refractivity contribution in [1.29, 1.82) is 0 Å². The highest BCUT2D eigenvalue weighted by Crippen LogP contribution is 2.04. The number of aliphatic carboxylic acids is 1. The third-order valence-corrected chi connectivity index (χ3v) is 3.14. The Bertz CT molecular complexity index is 609. The Morgan fingerprint density at radius 1 is 1.36 bits per heavy atom. The van der Waals surface area contributed by atoms with Crippen molar-refractivity contribution in [1.82, 2.24) is 15.1 Å². The molecule has 1 amide bonds. The zero-order valence-corrected chi connectivity index (χ0v) is 14.4. The van der Waals surface area contributed by atoms with Crippen molar-refractivity contribution in [2.45, 2.75) is 39.2 Å². The number of carbonyl (C=O) groups is 2. The van der Waals surface area contributed by atoms with Gasteiger partial charge in [-0.2, -0.15) is 5.10 Å². The van der Waals surface area contributed by atoms with E-state index in [0.717, 1.165) is 44.4 Å². The molecular formula is C16H26N6O3. The second kappa shape index (κ2) is 11.7. The fourth-order valence-corrected chi connectivity index (χ4v) is 1.95. The summed E-state index contributed by atoms with van der Waals surface area (Å²) in [6.45, 7) is 3.99. The number of carbonyl (C=O) groups excluding carboxylic acids is 1. The van der Waals surface area contributed by atoms with Crippen molar-refractivity contribution >= 4 is 23.7 Å². The van der Waals surface area contributed by atoms with Crippen LogP contribution in [-0.4, -0.2) is 45.8 Å². The molecule has 1 aromatic heterocycles. The highest BCUT2D eigenvalue weighted by molar-refractivity contribution is 5.93. The lowest BCUT2D eigenvalue weighted by Crippen LogP contribution is -2.23. The van der Waals surface area contributed by atoms with Gasteiger partial charge in [0.2, 0.25) is 5.91 Å². The van der Waals surface area contributed by atoms with Crippen molar-refractivity contribution in [3.05, 3.63) is 24.4 Å². The second-order valence-corrected chi connectivity index (χ2v) is 5.38. The molecule has 1 rings (SSSR count). The monoisotopic (exact) mass is 350 g/mol. The van der Waals surface area contributed by atoms with E-state index in [-0.39, 0.29) is 0 Å². The lowest BCUT2D eigenvalue weighted by atomic mass is 10.2. The van der Waals surface area contributed by atoms with Crippen molar-refractivity contribution in [2.24, 2.45) is 10.7 Å². The van der Waals surface area contributed by atoms with E-state index < -0.39 is 11.9 Å². The molecule has 0 aliphatic heterocycles. The summed E-state index contributed by atoms with van der Waals surface area (Å²) in [5.74, 6) is -0.510. The predicted octanol–water partition coefficient (Wildman–Crippen LogP) is 0.947. The summed E-state index contributed by atoms with van der Waals surface area (Å²) in [4.78, 5) is 25.7. The average Bonchev–Trinajstić information content (AvgIpc) is 3.01. The fourth-order valence-electron chi connectivity index (χ4n) is 1.95. The molecule has 0 unspecified atom stereocenters. The smallest absolute Gasteiger partial charge is 0.328 e. The van der Waals surface area contributed by atoms with Gasteiger partial charge in [0, 0.05) is 44.0 Å². The predicted molar refractivity (Wildman–Crippen MR) is 96.3 cm³/mol. The van der Waals surface area contributed by atoms with Crippen LogP contribution in [0.3, 0.4) is 0 Å². The topological polar surface area (TPSA) is 135 Å². The molecule has 0 spiro atoms. The zero-order valence-electron chi connectivity index (χ0n) is 14.4. The third-order valence-electron chi connectivity index (χ3n) is 3.14. The number of aryl methyl sites for hydroxylation is 1. The van der Waals surface area contributed by atoms with Crippen molar-refractivity contribution in [3.63, 3.8) is 0 Å². The van der Waals surface area contributed by atoms with E-state index >= 15 is 0 Å². The summed E-state index contributed by atoms with van der Waals surface area (Å²) in [6, 6.07) is 1.84. The van der Waals surface area contributed by atoms with Crippen LogP contribution in [0.2, 0.25) is 0 Å². The summed E-state index contributed by atoms with van der Waals surface area (Å²) in [5, 5.41) is 18.3. The van der Waals surface area contributed by atoms with E-state index in [0.29, 0.717) is 24.9 Å². The highest BCUT2D eigenvalue weighted by Gasteiger charge is 2.01. The van der Waals surface area contributed by atoms with Gasteiger partial charge in [-0.1, -0.05) is 6.92 Å². The Balaban J connectivity index is 2.16. The fraction of sp³-hybridized carbons (Fsp3) is 0.500. The number of carboxylic acids is 1. The normalized spacial score (nSPS) is 11.6. The first-order valence-corrected chi connectivity index (χ1v) is 8.30. The summed E-state index contributed by atoms with van der Waals surface area (Å²) < 4.78 is 1.82. The molecule has 0 atom stereocenters. The van der Waals surface area contributed by atoms with Crippen molar-refractivity contribution < 1.29 is 14.7 Å². The van der Waals surface area contributed by atoms with Crippen LogP contribution in [0.15, 0.2) is 29.4 Å². The van der Waals surface area contributed by atoms with E-state index in [4.69, 9.17) is 10.8 Å². The van der Waals surface area contributed by atoms with Crippen molar-refractivity contribution in [2.75, 3.05) is 18.4 Å². The number of amides is 1. The number of carboxylic acid groups (broad SMARTS) is 1. The largest absolute Gasteiger partial charge is 0.478 e. The number of unbranched alkanes of at least 4 members (excludes halogenated alkanes) is 2. The Labute approximate surface area is 147 Å². The van der Waals surface area contributed by atoms with Gasteiger partial charge in [0.15, 0.2) is 11.8 Å². The number of guanidine groups is 1. The molecule has 5 N–H and O–H groups in total. The van der Waals surface area contributed by atoms with Crippen LogP contribution in [0.25, 0.3) is 0 Å². The standard InChI is InChI=1S/C16H26N6O3/c1-2-9-19-16(17)20-13-8-12-22(21-13)11-5-3-4-10-18-14(23)6-7-15(24)25/h6-8,12H,2-5,9-11H2,1H3,(H,18,23)(H,24,25)(H3,17,19,20,21)/b7-6-. The minimum absolute atomic E-state index is 0.361. The van der Waals surface area contributed by atoms with Gasteiger partial charge < -0.3 is 21.5 Å². The molecule has 0 saturated carbocycles. The molecule has 0 radical (unpaired) electrons. The van der Waals surface area contributed by atoms with Gasteiger partial charge >= 0.3 is 5.97 Å². The number of rotatable bonds is 11. The lowest BCUT2D eigenvalue weighted by molar-refractivity contribution is -0.131. The van der Waals surface area contributed by atoms with Gasteiger partial charge in [-0.25, -0.2) is 4.79 Å². The highest BCUT2D eigenvalue weighted by atomic mass is 16.4. The molecule has 0 fully saturated rings. The first-order valence-electron chi connectivity index (χ1n) is 8.30. The molecule has 9 heteroatoms. The van der Waals surface area contributed by atoms with Crippen LogP contribution >= 0.6 is 0 Å². The Morgan fingerprint density at radius 3 is 2.88 bits per heavy atom. The van der Waals surface area contributed by atoms with E-state index in [9.17, 15) is 9.59 Å². The van der Waals surface area contributed by atoms with Crippen LogP contribution < -0.4 is 16.4 Å². The number of aromatic nitrogens is 2.